The second-order valence-corrected chi connectivity index (χ2v) is 5.55. The van der Waals surface area contributed by atoms with Crippen molar-refractivity contribution in [3.05, 3.63) is 54.6 Å². The summed E-state index contributed by atoms with van der Waals surface area (Å²) in [6, 6.07) is 15.2. The quantitative estimate of drug-likeness (QED) is 0.731. The van der Waals surface area contributed by atoms with Crippen LogP contribution in [-0.4, -0.2) is 15.5 Å². The van der Waals surface area contributed by atoms with Gasteiger partial charge in [0.25, 0.3) is 10.0 Å². The van der Waals surface area contributed by atoms with Crippen LogP contribution < -0.4 is 15.6 Å². The van der Waals surface area contributed by atoms with Crippen molar-refractivity contribution in [2.75, 3.05) is 17.2 Å². The van der Waals surface area contributed by atoms with Gasteiger partial charge in [-0.3, -0.25) is 4.72 Å². The molecule has 0 bridgehead atoms. The molecule has 19 heavy (non-hydrogen) atoms. The largest absolute Gasteiger partial charge is 0.322 e. The fraction of sp³-hybridized carbons (Fsp3) is 0.0769. The van der Waals surface area contributed by atoms with Crippen LogP contribution >= 0.6 is 0 Å². The number of sulfonamides is 1. The Morgan fingerprint density at radius 3 is 2.00 bits per heavy atom. The summed E-state index contributed by atoms with van der Waals surface area (Å²) in [4.78, 5) is 0.243. The average molecular weight is 277 g/mol. The molecule has 0 atom stereocenters. The van der Waals surface area contributed by atoms with Crippen LogP contribution in [0.5, 0.6) is 0 Å². The number of nitrogens with one attached hydrogen (secondary N) is 3. The predicted octanol–water partition coefficient (Wildman–Crippen LogP) is 2.03. The molecule has 2 aromatic rings. The molecule has 0 unspecified atom stereocenters. The normalized spacial score (nSPS) is 11.0. The van der Waals surface area contributed by atoms with E-state index < -0.39 is 10.0 Å². The number of hydrogen-bond acceptors (Lipinski definition) is 4. The summed E-state index contributed by atoms with van der Waals surface area (Å²) >= 11 is 0. The molecule has 0 aliphatic heterocycles. The Hall–Kier alpha value is -2.05. The van der Waals surface area contributed by atoms with E-state index in [0.29, 0.717) is 5.69 Å². The maximum atomic E-state index is 12.1. The first kappa shape index (κ1) is 13.4. The van der Waals surface area contributed by atoms with Gasteiger partial charge in [-0.25, -0.2) is 13.8 Å². The maximum absolute atomic E-state index is 12.1. The van der Waals surface area contributed by atoms with Crippen molar-refractivity contribution in [1.29, 1.82) is 0 Å². The van der Waals surface area contributed by atoms with Crippen LogP contribution in [0.15, 0.2) is 59.5 Å². The minimum absolute atomic E-state index is 0.243. The topological polar surface area (TPSA) is 70.2 Å². The van der Waals surface area contributed by atoms with Crippen LogP contribution in [0.2, 0.25) is 0 Å². The molecular formula is C13H15N3O2S. The summed E-state index contributed by atoms with van der Waals surface area (Å²) in [7, 11) is -1.77. The summed E-state index contributed by atoms with van der Waals surface area (Å²) in [5.41, 5.74) is 7.06. The van der Waals surface area contributed by atoms with Crippen molar-refractivity contribution < 1.29 is 8.42 Å². The fourth-order valence-corrected chi connectivity index (χ4v) is 2.66. The molecule has 0 fully saturated rings. The summed E-state index contributed by atoms with van der Waals surface area (Å²) in [5.74, 6) is 0. The fourth-order valence-electron chi connectivity index (χ4n) is 1.58. The van der Waals surface area contributed by atoms with E-state index in [1.54, 1.807) is 61.6 Å². The van der Waals surface area contributed by atoms with Crippen molar-refractivity contribution >= 4 is 21.4 Å². The highest BCUT2D eigenvalue weighted by Crippen LogP contribution is 2.17. The van der Waals surface area contributed by atoms with E-state index >= 15 is 0 Å². The third-order valence-corrected chi connectivity index (χ3v) is 3.86. The summed E-state index contributed by atoms with van der Waals surface area (Å²) in [5, 5.41) is 0. The standard InChI is InChI=1S/C13H15N3O2S/c1-14-15-11-7-9-12(10-8-11)16-19(17,18)13-5-3-2-4-6-13/h2-10,14-16H,1H3. The Bertz CT molecular complexity index is 625. The van der Waals surface area contributed by atoms with E-state index in [4.69, 9.17) is 0 Å². The maximum Gasteiger partial charge on any atom is 0.261 e. The minimum atomic E-state index is -3.52. The lowest BCUT2D eigenvalue weighted by Crippen LogP contribution is -2.15. The van der Waals surface area contributed by atoms with E-state index in [2.05, 4.69) is 15.6 Å². The molecule has 6 heteroatoms. The second kappa shape index (κ2) is 5.73. The molecule has 2 aromatic carbocycles. The molecule has 0 radical (unpaired) electrons. The Morgan fingerprint density at radius 1 is 0.842 bits per heavy atom. The summed E-state index contributed by atoms with van der Waals surface area (Å²) < 4.78 is 26.7. The van der Waals surface area contributed by atoms with Gasteiger partial charge < -0.3 is 5.43 Å². The van der Waals surface area contributed by atoms with Crippen molar-refractivity contribution in [3.63, 3.8) is 0 Å². The molecule has 5 nitrogen and oxygen atoms in total. The highest BCUT2D eigenvalue weighted by molar-refractivity contribution is 7.92. The Kier molecular flexibility index (Phi) is 4.03. The number of hydrogen-bond donors (Lipinski definition) is 3. The zero-order chi connectivity index (χ0) is 13.7. The van der Waals surface area contributed by atoms with Crippen molar-refractivity contribution in [2.24, 2.45) is 0 Å². The smallest absolute Gasteiger partial charge is 0.261 e. The molecule has 100 valence electrons. The molecule has 3 N–H and O–H groups in total. The third kappa shape index (κ3) is 3.46. The van der Waals surface area contributed by atoms with Gasteiger partial charge in [-0.1, -0.05) is 18.2 Å². The second-order valence-electron chi connectivity index (χ2n) is 3.87. The van der Waals surface area contributed by atoms with Crippen LogP contribution in [0, 0.1) is 0 Å². The zero-order valence-electron chi connectivity index (χ0n) is 10.4. The van der Waals surface area contributed by atoms with Crippen LogP contribution in [0.4, 0.5) is 11.4 Å². The first-order chi connectivity index (χ1) is 9.12. The number of anilines is 2. The highest BCUT2D eigenvalue weighted by atomic mass is 32.2. The highest BCUT2D eigenvalue weighted by Gasteiger charge is 2.12. The average Bonchev–Trinajstić information content (AvgIpc) is 2.42. The molecule has 0 saturated heterocycles. The van der Waals surface area contributed by atoms with Crippen LogP contribution in [0.1, 0.15) is 0 Å². The first-order valence-electron chi connectivity index (χ1n) is 5.72. The number of hydrazine groups is 1. The Morgan fingerprint density at radius 2 is 1.42 bits per heavy atom. The van der Waals surface area contributed by atoms with Crippen molar-refractivity contribution in [2.45, 2.75) is 4.90 Å². The van der Waals surface area contributed by atoms with E-state index in [-0.39, 0.29) is 4.90 Å². The molecule has 0 aromatic heterocycles. The monoisotopic (exact) mass is 277 g/mol. The van der Waals surface area contributed by atoms with E-state index in [1.807, 2.05) is 0 Å². The molecule has 0 aliphatic rings. The van der Waals surface area contributed by atoms with Gasteiger partial charge in [0.15, 0.2) is 0 Å². The first-order valence-corrected chi connectivity index (χ1v) is 7.21. The van der Waals surface area contributed by atoms with Crippen molar-refractivity contribution in [3.8, 4) is 0 Å². The van der Waals surface area contributed by atoms with Crippen LogP contribution in [0.25, 0.3) is 0 Å². The number of benzene rings is 2. The van der Waals surface area contributed by atoms with Gasteiger partial charge in [0.2, 0.25) is 0 Å². The SMILES string of the molecule is CNNc1ccc(NS(=O)(=O)c2ccccc2)cc1. The summed E-state index contributed by atoms with van der Waals surface area (Å²) in [6.45, 7) is 0. The van der Waals surface area contributed by atoms with Gasteiger partial charge in [0.1, 0.15) is 0 Å². The van der Waals surface area contributed by atoms with Gasteiger partial charge in [-0.05, 0) is 36.4 Å². The minimum Gasteiger partial charge on any atom is -0.322 e. The van der Waals surface area contributed by atoms with E-state index in [1.165, 1.54) is 0 Å². The van der Waals surface area contributed by atoms with Gasteiger partial charge in [0.05, 0.1) is 4.90 Å². The van der Waals surface area contributed by atoms with Crippen molar-refractivity contribution in [1.82, 2.24) is 5.43 Å². The molecule has 0 heterocycles. The Balaban J connectivity index is 2.17. The molecule has 0 saturated carbocycles. The third-order valence-electron chi connectivity index (χ3n) is 2.46. The molecular weight excluding hydrogens is 262 g/mol. The lowest BCUT2D eigenvalue weighted by atomic mass is 10.3. The van der Waals surface area contributed by atoms with Gasteiger partial charge in [-0.15, -0.1) is 0 Å². The van der Waals surface area contributed by atoms with Gasteiger partial charge in [0, 0.05) is 18.4 Å². The number of rotatable bonds is 5. The lowest BCUT2D eigenvalue weighted by molar-refractivity contribution is 0.601. The zero-order valence-corrected chi connectivity index (χ0v) is 11.2. The van der Waals surface area contributed by atoms with Crippen LogP contribution in [-0.2, 0) is 10.0 Å². The lowest BCUT2D eigenvalue weighted by Gasteiger charge is -2.09. The van der Waals surface area contributed by atoms with Gasteiger partial charge >= 0.3 is 0 Å². The van der Waals surface area contributed by atoms with E-state index in [0.717, 1.165) is 5.69 Å². The van der Waals surface area contributed by atoms with Crippen LogP contribution in [0.3, 0.4) is 0 Å². The predicted molar refractivity (Wildman–Crippen MR) is 76.4 cm³/mol. The molecule has 0 amide bonds. The van der Waals surface area contributed by atoms with Gasteiger partial charge in [-0.2, -0.15) is 0 Å². The molecule has 0 spiro atoms. The molecule has 0 aliphatic carbocycles. The summed E-state index contributed by atoms with van der Waals surface area (Å²) in [6.07, 6.45) is 0. The van der Waals surface area contributed by atoms with E-state index in [9.17, 15) is 8.42 Å². The molecule has 2 rings (SSSR count). The Labute approximate surface area is 112 Å².